The van der Waals surface area contributed by atoms with Gasteiger partial charge in [0.05, 0.1) is 25.6 Å². The van der Waals surface area contributed by atoms with Crippen LogP contribution in [0, 0.1) is 0 Å². The van der Waals surface area contributed by atoms with Gasteiger partial charge >= 0.3 is 5.97 Å². The van der Waals surface area contributed by atoms with E-state index in [0.29, 0.717) is 5.69 Å². The van der Waals surface area contributed by atoms with Crippen molar-refractivity contribution in [2.75, 3.05) is 13.2 Å². The number of carboxylic acid groups (broad SMARTS) is 1. The molecule has 1 aromatic heterocycles. The zero-order valence-electron chi connectivity index (χ0n) is 15.1. The minimum atomic E-state index is -1.60. The second-order valence-corrected chi connectivity index (χ2v) is 5.96. The third-order valence-electron chi connectivity index (χ3n) is 3.64. The highest BCUT2D eigenvalue weighted by atomic mass is 16.4. The average Bonchev–Trinajstić information content (AvgIpc) is 3.15. The Hall–Kier alpha value is -3.03. The second-order valence-electron chi connectivity index (χ2n) is 5.96. The SMILES string of the molecule is CC(N)C(=O)NC(Cc1cnc[nH]1)C(=O)NC(CO)C(=O)NC(CO)C(=O)O. The van der Waals surface area contributed by atoms with Crippen molar-refractivity contribution in [1.82, 2.24) is 25.9 Å². The van der Waals surface area contributed by atoms with Crippen LogP contribution in [-0.4, -0.2) is 86.4 Å². The van der Waals surface area contributed by atoms with Crippen LogP contribution in [0.15, 0.2) is 12.5 Å². The fourth-order valence-corrected chi connectivity index (χ4v) is 2.05. The van der Waals surface area contributed by atoms with Crippen molar-refractivity contribution >= 4 is 23.7 Å². The predicted molar refractivity (Wildman–Crippen MR) is 93.5 cm³/mol. The normalized spacial score (nSPS) is 15.0. The summed E-state index contributed by atoms with van der Waals surface area (Å²) < 4.78 is 0. The molecule has 0 aliphatic rings. The predicted octanol–water partition coefficient (Wildman–Crippen LogP) is -4.18. The fourth-order valence-electron chi connectivity index (χ4n) is 2.05. The number of aliphatic carboxylic acids is 1. The molecule has 4 unspecified atom stereocenters. The molecule has 4 atom stereocenters. The van der Waals surface area contributed by atoms with Crippen LogP contribution in [0.5, 0.6) is 0 Å². The lowest BCUT2D eigenvalue weighted by Crippen LogP contribution is -2.58. The van der Waals surface area contributed by atoms with Crippen LogP contribution in [0.1, 0.15) is 12.6 Å². The third kappa shape index (κ3) is 6.94. The van der Waals surface area contributed by atoms with E-state index in [2.05, 4.69) is 20.6 Å². The van der Waals surface area contributed by atoms with Gasteiger partial charge in [-0.2, -0.15) is 0 Å². The lowest BCUT2D eigenvalue weighted by molar-refractivity contribution is -0.143. The van der Waals surface area contributed by atoms with Gasteiger partial charge in [0.25, 0.3) is 0 Å². The van der Waals surface area contributed by atoms with Gasteiger partial charge in [-0.25, -0.2) is 9.78 Å². The van der Waals surface area contributed by atoms with Crippen molar-refractivity contribution in [3.05, 3.63) is 18.2 Å². The maximum Gasteiger partial charge on any atom is 0.328 e. The first-order valence-electron chi connectivity index (χ1n) is 8.28. The summed E-state index contributed by atoms with van der Waals surface area (Å²) >= 11 is 0. The molecule has 1 heterocycles. The summed E-state index contributed by atoms with van der Waals surface area (Å²) in [5.74, 6) is -3.93. The largest absolute Gasteiger partial charge is 0.480 e. The van der Waals surface area contributed by atoms with Crippen LogP contribution in [0.25, 0.3) is 0 Å². The average molecular weight is 400 g/mol. The van der Waals surface area contributed by atoms with E-state index in [1.165, 1.54) is 19.4 Å². The van der Waals surface area contributed by atoms with Gasteiger partial charge in [0.1, 0.15) is 18.1 Å². The highest BCUT2D eigenvalue weighted by Crippen LogP contribution is 2.01. The monoisotopic (exact) mass is 400 g/mol. The summed E-state index contributed by atoms with van der Waals surface area (Å²) in [4.78, 5) is 53.9. The van der Waals surface area contributed by atoms with E-state index in [4.69, 9.17) is 15.9 Å². The zero-order chi connectivity index (χ0) is 21.3. The van der Waals surface area contributed by atoms with Gasteiger partial charge < -0.3 is 42.0 Å². The molecule has 0 aliphatic heterocycles. The Morgan fingerprint density at radius 3 is 2.04 bits per heavy atom. The molecule has 1 aromatic rings. The lowest BCUT2D eigenvalue weighted by atomic mass is 10.1. The molecular formula is C15H24N6O7. The Morgan fingerprint density at radius 1 is 1.04 bits per heavy atom. The number of carboxylic acids is 1. The number of aromatic nitrogens is 2. The van der Waals surface area contributed by atoms with Crippen LogP contribution in [0.4, 0.5) is 0 Å². The summed E-state index contributed by atoms with van der Waals surface area (Å²) in [6, 6.07) is -5.14. The van der Waals surface area contributed by atoms with Gasteiger partial charge in [0.2, 0.25) is 17.7 Å². The molecule has 0 radical (unpaired) electrons. The standard InChI is InChI=1S/C15H24N6O7/c1-7(16)12(24)19-9(2-8-3-17-6-18-8)13(25)20-10(4-22)14(26)21-11(5-23)15(27)28/h3,6-7,9-11,22-23H,2,4-5,16H2,1H3,(H,17,18)(H,19,24)(H,20,25)(H,21,26)(H,27,28). The second kappa shape index (κ2) is 11.0. The molecule has 0 fully saturated rings. The molecule has 0 aliphatic carbocycles. The summed E-state index contributed by atoms with van der Waals surface area (Å²) in [6.45, 7) is -0.293. The number of carbonyl (C=O) groups is 4. The summed E-state index contributed by atoms with van der Waals surface area (Å²) in [5, 5.41) is 33.8. The molecule has 9 N–H and O–H groups in total. The van der Waals surface area contributed by atoms with Crippen molar-refractivity contribution in [2.45, 2.75) is 37.5 Å². The fraction of sp³-hybridized carbons (Fsp3) is 0.533. The van der Waals surface area contributed by atoms with Gasteiger partial charge in [0.15, 0.2) is 0 Å². The Bertz CT molecular complexity index is 678. The number of H-pyrrole nitrogens is 1. The number of rotatable bonds is 11. The Balaban J connectivity index is 2.85. The highest BCUT2D eigenvalue weighted by molar-refractivity contribution is 5.94. The first-order chi connectivity index (χ1) is 13.2. The van der Waals surface area contributed by atoms with Crippen molar-refractivity contribution < 1.29 is 34.5 Å². The zero-order valence-corrected chi connectivity index (χ0v) is 15.1. The number of nitrogens with two attached hydrogens (primary N) is 1. The number of amides is 3. The van der Waals surface area contributed by atoms with Crippen LogP contribution in [0.3, 0.4) is 0 Å². The molecule has 0 aromatic carbocycles. The number of aliphatic hydroxyl groups excluding tert-OH is 2. The number of aromatic amines is 1. The number of nitrogens with one attached hydrogen (secondary N) is 4. The van der Waals surface area contributed by atoms with E-state index >= 15 is 0 Å². The summed E-state index contributed by atoms with van der Waals surface area (Å²) in [7, 11) is 0. The molecule has 1 rings (SSSR count). The topological polar surface area (TPSA) is 220 Å². The quantitative estimate of drug-likeness (QED) is 0.180. The number of nitrogens with zero attached hydrogens (tertiary/aromatic N) is 1. The third-order valence-corrected chi connectivity index (χ3v) is 3.64. The molecule has 13 heteroatoms. The van der Waals surface area contributed by atoms with Gasteiger partial charge in [-0.1, -0.05) is 0 Å². The maximum absolute atomic E-state index is 12.5. The molecule has 156 valence electrons. The van der Waals surface area contributed by atoms with E-state index in [0.717, 1.165) is 0 Å². The number of carbonyl (C=O) groups excluding carboxylic acids is 3. The minimum absolute atomic E-state index is 0.00154. The molecule has 3 amide bonds. The minimum Gasteiger partial charge on any atom is -0.480 e. The smallest absolute Gasteiger partial charge is 0.328 e. The molecule has 0 bridgehead atoms. The first kappa shape index (κ1) is 23.0. The van der Waals surface area contributed by atoms with Crippen LogP contribution in [-0.2, 0) is 25.6 Å². The molecule has 13 nitrogen and oxygen atoms in total. The van der Waals surface area contributed by atoms with Crippen molar-refractivity contribution in [3.8, 4) is 0 Å². The van der Waals surface area contributed by atoms with Gasteiger partial charge in [0, 0.05) is 18.3 Å². The molecule has 0 saturated carbocycles. The molecule has 0 spiro atoms. The number of hydrogen-bond donors (Lipinski definition) is 8. The number of hydrogen-bond acceptors (Lipinski definition) is 8. The van der Waals surface area contributed by atoms with Gasteiger partial charge in [-0.05, 0) is 6.92 Å². The first-order valence-corrected chi connectivity index (χ1v) is 8.28. The van der Waals surface area contributed by atoms with E-state index in [9.17, 15) is 24.3 Å². The molecule has 0 saturated heterocycles. The van der Waals surface area contributed by atoms with Crippen molar-refractivity contribution in [1.29, 1.82) is 0 Å². The van der Waals surface area contributed by atoms with Crippen molar-refractivity contribution in [3.63, 3.8) is 0 Å². The van der Waals surface area contributed by atoms with E-state index < -0.39 is 61.1 Å². The highest BCUT2D eigenvalue weighted by Gasteiger charge is 2.29. The van der Waals surface area contributed by atoms with E-state index in [1.807, 2.05) is 5.32 Å². The van der Waals surface area contributed by atoms with Gasteiger partial charge in [-0.3, -0.25) is 14.4 Å². The number of imidazole rings is 1. The van der Waals surface area contributed by atoms with E-state index in [-0.39, 0.29) is 6.42 Å². The molecule has 28 heavy (non-hydrogen) atoms. The van der Waals surface area contributed by atoms with Crippen LogP contribution in [0.2, 0.25) is 0 Å². The van der Waals surface area contributed by atoms with Crippen molar-refractivity contribution in [2.24, 2.45) is 5.73 Å². The summed E-state index contributed by atoms with van der Waals surface area (Å²) in [6.07, 6.45) is 2.81. The van der Waals surface area contributed by atoms with Crippen LogP contribution >= 0.6 is 0 Å². The Morgan fingerprint density at radius 2 is 1.57 bits per heavy atom. The Kier molecular flexibility index (Phi) is 9.01. The lowest BCUT2D eigenvalue weighted by Gasteiger charge is -2.23. The van der Waals surface area contributed by atoms with Gasteiger partial charge in [-0.15, -0.1) is 0 Å². The van der Waals surface area contributed by atoms with E-state index in [1.54, 1.807) is 0 Å². The maximum atomic E-state index is 12.5. The molecular weight excluding hydrogens is 376 g/mol. The van der Waals surface area contributed by atoms with Crippen LogP contribution < -0.4 is 21.7 Å². The summed E-state index contributed by atoms with van der Waals surface area (Å²) in [5.41, 5.74) is 6.00. The number of aliphatic hydroxyl groups is 2. The Labute approximate surface area is 159 Å².